The molecule has 3 fully saturated rings. The number of carbonyl (C=O) groups is 2. The van der Waals surface area contributed by atoms with Gasteiger partial charge in [0.2, 0.25) is 0 Å². The standard InChI is InChI=1S/C31H34F3N5O4/c32-31(33,34)28-26(15-35-39(28)24-9-5-2-6-10-24)29(40)38-18-22-16-37(17-23(22)19-38)13-11-27(21-7-3-1-4-8-21)36-30(41)43-25-12-14-42-20-25/h1-10,15,22-23,25,27H,11-14,16-20H2,(H,36,41)/t22-,23?,25?,27?/m0/s1. The van der Waals surface area contributed by atoms with Crippen LogP contribution in [0.2, 0.25) is 0 Å². The molecule has 3 saturated heterocycles. The van der Waals surface area contributed by atoms with E-state index in [1.807, 2.05) is 30.3 Å². The number of benzene rings is 2. The zero-order chi connectivity index (χ0) is 30.0. The quantitative estimate of drug-likeness (QED) is 0.410. The summed E-state index contributed by atoms with van der Waals surface area (Å²) < 4.78 is 54.0. The van der Waals surface area contributed by atoms with Gasteiger partial charge >= 0.3 is 12.3 Å². The van der Waals surface area contributed by atoms with Gasteiger partial charge in [0.1, 0.15) is 6.10 Å². The van der Waals surface area contributed by atoms with Crippen molar-refractivity contribution in [2.75, 3.05) is 45.9 Å². The summed E-state index contributed by atoms with van der Waals surface area (Å²) in [6.45, 7) is 3.96. The summed E-state index contributed by atoms with van der Waals surface area (Å²) in [6.07, 6.45) is -3.07. The Bertz CT molecular complexity index is 1400. The van der Waals surface area contributed by atoms with E-state index in [4.69, 9.17) is 9.47 Å². The smallest absolute Gasteiger partial charge is 0.434 e. The number of amides is 2. The first kappa shape index (κ1) is 29.2. The molecule has 3 aromatic rings. The number of para-hydroxylation sites is 1. The molecule has 1 aromatic heterocycles. The lowest BCUT2D eigenvalue weighted by Gasteiger charge is -2.25. The van der Waals surface area contributed by atoms with Gasteiger partial charge in [-0.2, -0.15) is 18.3 Å². The first-order valence-corrected chi connectivity index (χ1v) is 14.6. The summed E-state index contributed by atoms with van der Waals surface area (Å²) in [5.74, 6) is -0.314. The van der Waals surface area contributed by atoms with Crippen molar-refractivity contribution in [3.05, 3.63) is 83.7 Å². The SMILES string of the molecule is O=C(NC(CCN1CC2CN(C(=O)c3cnn(-c4ccccc4)c3C(F)(F)F)C[C@@H]2C1)c1ccccc1)OC1CCOC1. The van der Waals surface area contributed by atoms with E-state index in [1.165, 1.54) is 17.0 Å². The Morgan fingerprint density at radius 2 is 1.67 bits per heavy atom. The molecule has 4 atom stereocenters. The monoisotopic (exact) mass is 597 g/mol. The number of rotatable bonds is 8. The van der Waals surface area contributed by atoms with Gasteiger partial charge < -0.3 is 24.6 Å². The molecule has 0 bridgehead atoms. The van der Waals surface area contributed by atoms with Crippen LogP contribution in [0.25, 0.3) is 5.69 Å². The maximum Gasteiger partial charge on any atom is 0.434 e. The van der Waals surface area contributed by atoms with Gasteiger partial charge in [-0.3, -0.25) is 4.79 Å². The molecule has 228 valence electrons. The number of hydrogen-bond acceptors (Lipinski definition) is 6. The summed E-state index contributed by atoms with van der Waals surface area (Å²) in [7, 11) is 0. The molecule has 9 nitrogen and oxygen atoms in total. The first-order chi connectivity index (χ1) is 20.8. The molecule has 0 radical (unpaired) electrons. The lowest BCUT2D eigenvalue weighted by atomic mass is 10.0. The Balaban J connectivity index is 1.07. The molecular weight excluding hydrogens is 563 g/mol. The van der Waals surface area contributed by atoms with Crippen LogP contribution in [0.1, 0.15) is 40.5 Å². The minimum atomic E-state index is -4.75. The third kappa shape index (κ3) is 6.54. The number of halogens is 3. The van der Waals surface area contributed by atoms with Gasteiger partial charge in [0, 0.05) is 39.1 Å². The fourth-order valence-corrected chi connectivity index (χ4v) is 6.40. The molecule has 12 heteroatoms. The van der Waals surface area contributed by atoms with E-state index < -0.39 is 29.4 Å². The number of hydrogen-bond donors (Lipinski definition) is 1. The number of ether oxygens (including phenoxy) is 2. The predicted octanol–water partition coefficient (Wildman–Crippen LogP) is 4.54. The summed E-state index contributed by atoms with van der Waals surface area (Å²) in [4.78, 5) is 29.8. The second-order valence-electron chi connectivity index (χ2n) is 11.4. The molecule has 43 heavy (non-hydrogen) atoms. The molecule has 0 aliphatic carbocycles. The molecule has 1 N–H and O–H groups in total. The van der Waals surface area contributed by atoms with Gasteiger partial charge in [0.05, 0.1) is 36.7 Å². The molecule has 4 heterocycles. The first-order valence-electron chi connectivity index (χ1n) is 14.6. The van der Waals surface area contributed by atoms with Crippen molar-refractivity contribution < 1.29 is 32.2 Å². The fourth-order valence-electron chi connectivity index (χ4n) is 6.40. The van der Waals surface area contributed by atoms with E-state index in [9.17, 15) is 22.8 Å². The Hall–Kier alpha value is -3.90. The van der Waals surface area contributed by atoms with Crippen molar-refractivity contribution in [2.45, 2.75) is 31.2 Å². The van der Waals surface area contributed by atoms with E-state index in [0.717, 1.165) is 36.1 Å². The number of likely N-dealkylation sites (tertiary alicyclic amines) is 2. The molecular formula is C31H34F3N5O4. The molecule has 3 aliphatic rings. The van der Waals surface area contributed by atoms with Gasteiger partial charge in [0.15, 0.2) is 5.69 Å². The molecule has 0 spiro atoms. The number of alkyl carbamates (subject to hydrolysis) is 1. The summed E-state index contributed by atoms with van der Waals surface area (Å²) in [5.41, 5.74) is -0.261. The highest BCUT2D eigenvalue weighted by Crippen LogP contribution is 2.37. The van der Waals surface area contributed by atoms with Crippen molar-refractivity contribution in [3.8, 4) is 5.69 Å². The van der Waals surface area contributed by atoms with E-state index >= 15 is 0 Å². The maximum absolute atomic E-state index is 14.1. The number of alkyl halides is 3. The Morgan fingerprint density at radius 1 is 1.00 bits per heavy atom. The highest BCUT2D eigenvalue weighted by molar-refractivity contribution is 5.95. The van der Waals surface area contributed by atoms with E-state index in [0.29, 0.717) is 39.1 Å². The van der Waals surface area contributed by atoms with Gasteiger partial charge in [-0.15, -0.1) is 0 Å². The largest absolute Gasteiger partial charge is 0.444 e. The molecule has 2 amide bonds. The van der Waals surface area contributed by atoms with Crippen LogP contribution in [0.4, 0.5) is 18.0 Å². The predicted molar refractivity (Wildman–Crippen MR) is 151 cm³/mol. The minimum absolute atomic E-state index is 0.165. The third-order valence-electron chi connectivity index (χ3n) is 8.51. The molecule has 0 saturated carbocycles. The van der Waals surface area contributed by atoms with E-state index in [-0.39, 0.29) is 29.7 Å². The Labute approximate surface area is 247 Å². The number of carbonyl (C=O) groups excluding carboxylic acids is 2. The molecule has 3 unspecified atom stereocenters. The van der Waals surface area contributed by atoms with Crippen LogP contribution in [-0.4, -0.2) is 83.6 Å². The van der Waals surface area contributed by atoms with Gasteiger partial charge in [-0.25, -0.2) is 9.48 Å². The Kier molecular flexibility index (Phi) is 8.40. The number of fused-ring (bicyclic) bond motifs is 1. The van der Waals surface area contributed by atoms with Crippen LogP contribution in [-0.2, 0) is 15.7 Å². The van der Waals surface area contributed by atoms with Gasteiger partial charge in [-0.05, 0) is 36.0 Å². The Morgan fingerprint density at radius 3 is 2.30 bits per heavy atom. The summed E-state index contributed by atoms with van der Waals surface area (Å²) >= 11 is 0. The normalized spacial score (nSPS) is 22.9. The average molecular weight is 598 g/mol. The zero-order valence-corrected chi connectivity index (χ0v) is 23.6. The van der Waals surface area contributed by atoms with E-state index in [1.54, 1.807) is 18.2 Å². The summed E-state index contributed by atoms with van der Waals surface area (Å²) in [5, 5.41) is 6.95. The average Bonchev–Trinajstić information content (AvgIpc) is 3.80. The fraction of sp³-hybridized carbons (Fsp3) is 0.452. The third-order valence-corrected chi connectivity index (χ3v) is 8.51. The van der Waals surface area contributed by atoms with Crippen molar-refractivity contribution >= 4 is 12.0 Å². The second-order valence-corrected chi connectivity index (χ2v) is 11.4. The van der Waals surface area contributed by atoms with Gasteiger partial charge in [0.25, 0.3) is 5.91 Å². The van der Waals surface area contributed by atoms with Crippen molar-refractivity contribution in [3.63, 3.8) is 0 Å². The highest BCUT2D eigenvalue weighted by atomic mass is 19.4. The number of aromatic nitrogens is 2. The van der Waals surface area contributed by atoms with Crippen LogP contribution in [0.5, 0.6) is 0 Å². The maximum atomic E-state index is 14.1. The molecule has 3 aliphatic heterocycles. The molecule has 6 rings (SSSR count). The second kappa shape index (κ2) is 12.4. The number of nitrogens with zero attached hydrogens (tertiary/aromatic N) is 4. The minimum Gasteiger partial charge on any atom is -0.444 e. The van der Waals surface area contributed by atoms with Crippen LogP contribution < -0.4 is 5.32 Å². The van der Waals surface area contributed by atoms with Crippen LogP contribution >= 0.6 is 0 Å². The van der Waals surface area contributed by atoms with Crippen LogP contribution in [0.15, 0.2) is 66.9 Å². The van der Waals surface area contributed by atoms with Crippen LogP contribution in [0, 0.1) is 11.8 Å². The summed E-state index contributed by atoms with van der Waals surface area (Å²) in [6, 6.07) is 17.5. The zero-order valence-electron chi connectivity index (χ0n) is 23.6. The van der Waals surface area contributed by atoms with E-state index in [2.05, 4.69) is 15.3 Å². The lowest BCUT2D eigenvalue weighted by Crippen LogP contribution is -2.36. The number of nitrogens with one attached hydrogen (secondary N) is 1. The van der Waals surface area contributed by atoms with Crippen LogP contribution in [0.3, 0.4) is 0 Å². The topological polar surface area (TPSA) is 88.9 Å². The lowest BCUT2D eigenvalue weighted by molar-refractivity contribution is -0.143. The highest BCUT2D eigenvalue weighted by Gasteiger charge is 2.45. The van der Waals surface area contributed by atoms with Gasteiger partial charge in [-0.1, -0.05) is 48.5 Å². The molecule has 2 aromatic carbocycles. The van der Waals surface area contributed by atoms with Crippen molar-refractivity contribution in [1.82, 2.24) is 24.9 Å². The van der Waals surface area contributed by atoms with Crippen molar-refractivity contribution in [1.29, 1.82) is 0 Å². The van der Waals surface area contributed by atoms with Crippen molar-refractivity contribution in [2.24, 2.45) is 11.8 Å².